The first-order chi connectivity index (χ1) is 6.45. The normalized spacial score (nSPS) is 14.9. The molecular weight excluding hydrogens is 170 g/mol. The molecule has 0 bridgehead atoms. The molecule has 1 unspecified atom stereocenters. The highest BCUT2D eigenvalue weighted by Gasteiger charge is 2.06. The molecule has 0 aliphatic heterocycles. The molecule has 0 fully saturated rings. The van der Waals surface area contributed by atoms with Crippen molar-refractivity contribution in [3.8, 4) is 0 Å². The molecular formula is C13H27N. The summed E-state index contributed by atoms with van der Waals surface area (Å²) < 4.78 is 0. The average Bonchev–Trinajstić information content (AvgIpc) is 2.08. The molecule has 0 aliphatic carbocycles. The van der Waals surface area contributed by atoms with Gasteiger partial charge in [0.25, 0.3) is 0 Å². The fourth-order valence-corrected chi connectivity index (χ4v) is 1.14. The van der Waals surface area contributed by atoms with Gasteiger partial charge in [0.05, 0.1) is 0 Å². The zero-order chi connectivity index (χ0) is 11.0. The van der Waals surface area contributed by atoms with Gasteiger partial charge in [-0.05, 0) is 46.1 Å². The van der Waals surface area contributed by atoms with Crippen molar-refractivity contribution >= 4 is 0 Å². The average molecular weight is 197 g/mol. The summed E-state index contributed by atoms with van der Waals surface area (Å²) in [5.74, 6) is 0.835. The number of allylic oxidation sites excluding steroid dienone is 1. The van der Waals surface area contributed by atoms with Gasteiger partial charge < -0.3 is 5.32 Å². The van der Waals surface area contributed by atoms with E-state index < -0.39 is 0 Å². The van der Waals surface area contributed by atoms with Crippen LogP contribution < -0.4 is 5.32 Å². The minimum absolute atomic E-state index is 0.255. The Bertz CT molecular complexity index is 153. The second kappa shape index (κ2) is 7.05. The van der Waals surface area contributed by atoms with Gasteiger partial charge >= 0.3 is 0 Å². The van der Waals surface area contributed by atoms with Crippen LogP contribution in [0.4, 0.5) is 0 Å². The van der Waals surface area contributed by atoms with E-state index in [0.29, 0.717) is 0 Å². The van der Waals surface area contributed by atoms with Crippen molar-refractivity contribution in [2.75, 3.05) is 6.54 Å². The van der Waals surface area contributed by atoms with Crippen LogP contribution in [0.15, 0.2) is 12.2 Å². The Morgan fingerprint density at radius 2 is 1.86 bits per heavy atom. The van der Waals surface area contributed by atoms with E-state index >= 15 is 0 Å². The van der Waals surface area contributed by atoms with Crippen LogP contribution in [0.3, 0.4) is 0 Å². The first-order valence-corrected chi connectivity index (χ1v) is 5.85. The standard InChI is InChI=1S/C13H27N/c1-6-12(2)10-8-7-9-11-14-13(3,4)5/h7-8,12,14H,6,9-11H2,1-5H3. The molecule has 0 spiro atoms. The van der Waals surface area contributed by atoms with Crippen molar-refractivity contribution < 1.29 is 0 Å². The van der Waals surface area contributed by atoms with Crippen LogP contribution in [-0.4, -0.2) is 12.1 Å². The summed E-state index contributed by atoms with van der Waals surface area (Å²) in [5, 5.41) is 3.47. The van der Waals surface area contributed by atoms with Gasteiger partial charge in [0.1, 0.15) is 0 Å². The SMILES string of the molecule is CCC(C)CC=CCCNC(C)(C)C. The van der Waals surface area contributed by atoms with E-state index in [1.807, 2.05) is 0 Å². The topological polar surface area (TPSA) is 12.0 Å². The molecule has 0 aromatic rings. The van der Waals surface area contributed by atoms with Crippen LogP contribution in [-0.2, 0) is 0 Å². The Morgan fingerprint density at radius 1 is 1.21 bits per heavy atom. The van der Waals surface area contributed by atoms with Crippen LogP contribution in [0.25, 0.3) is 0 Å². The van der Waals surface area contributed by atoms with Crippen molar-refractivity contribution in [2.45, 2.75) is 59.4 Å². The lowest BCUT2D eigenvalue weighted by molar-refractivity contribution is 0.431. The molecule has 1 atom stereocenters. The van der Waals surface area contributed by atoms with Gasteiger partial charge in [0.2, 0.25) is 0 Å². The van der Waals surface area contributed by atoms with Gasteiger partial charge in [-0.15, -0.1) is 0 Å². The summed E-state index contributed by atoms with van der Waals surface area (Å²) in [5.41, 5.74) is 0.255. The zero-order valence-corrected chi connectivity index (χ0v) is 10.6. The number of hydrogen-bond acceptors (Lipinski definition) is 1. The van der Waals surface area contributed by atoms with E-state index in [4.69, 9.17) is 0 Å². The van der Waals surface area contributed by atoms with Crippen molar-refractivity contribution in [1.29, 1.82) is 0 Å². The van der Waals surface area contributed by atoms with Crippen molar-refractivity contribution in [3.63, 3.8) is 0 Å². The Balaban J connectivity index is 3.36. The van der Waals surface area contributed by atoms with Crippen LogP contribution in [0, 0.1) is 5.92 Å². The van der Waals surface area contributed by atoms with Crippen LogP contribution in [0.5, 0.6) is 0 Å². The number of rotatable bonds is 6. The smallest absolute Gasteiger partial charge is 0.00966 e. The van der Waals surface area contributed by atoms with E-state index in [-0.39, 0.29) is 5.54 Å². The lowest BCUT2D eigenvalue weighted by Crippen LogP contribution is -2.36. The van der Waals surface area contributed by atoms with Crippen LogP contribution >= 0.6 is 0 Å². The van der Waals surface area contributed by atoms with Gasteiger partial charge in [0, 0.05) is 5.54 Å². The molecule has 0 radical (unpaired) electrons. The minimum Gasteiger partial charge on any atom is -0.312 e. The molecule has 0 aromatic heterocycles. The van der Waals surface area contributed by atoms with Gasteiger partial charge in [-0.1, -0.05) is 32.4 Å². The second-order valence-corrected chi connectivity index (χ2v) is 5.19. The van der Waals surface area contributed by atoms with Gasteiger partial charge in [0.15, 0.2) is 0 Å². The largest absolute Gasteiger partial charge is 0.312 e. The highest BCUT2D eigenvalue weighted by molar-refractivity contribution is 4.84. The second-order valence-electron chi connectivity index (χ2n) is 5.19. The molecule has 0 rings (SSSR count). The molecule has 0 saturated carbocycles. The Hall–Kier alpha value is -0.300. The van der Waals surface area contributed by atoms with Gasteiger partial charge in [-0.3, -0.25) is 0 Å². The first kappa shape index (κ1) is 13.7. The maximum Gasteiger partial charge on any atom is 0.00966 e. The molecule has 0 saturated heterocycles. The Kier molecular flexibility index (Phi) is 6.90. The molecule has 0 aliphatic rings. The lowest BCUT2D eigenvalue weighted by atomic mass is 10.0. The maximum absolute atomic E-state index is 3.47. The highest BCUT2D eigenvalue weighted by Crippen LogP contribution is 2.06. The van der Waals surface area contributed by atoms with Gasteiger partial charge in [-0.2, -0.15) is 0 Å². The minimum atomic E-state index is 0.255. The van der Waals surface area contributed by atoms with E-state index in [2.05, 4.69) is 52.1 Å². The summed E-state index contributed by atoms with van der Waals surface area (Å²) in [6.07, 6.45) is 8.27. The van der Waals surface area contributed by atoms with Gasteiger partial charge in [-0.25, -0.2) is 0 Å². The van der Waals surface area contributed by atoms with E-state index in [1.54, 1.807) is 0 Å². The van der Waals surface area contributed by atoms with Crippen molar-refractivity contribution in [3.05, 3.63) is 12.2 Å². The van der Waals surface area contributed by atoms with Crippen LogP contribution in [0.1, 0.15) is 53.9 Å². The lowest BCUT2D eigenvalue weighted by Gasteiger charge is -2.19. The summed E-state index contributed by atoms with van der Waals surface area (Å²) in [6, 6.07) is 0. The summed E-state index contributed by atoms with van der Waals surface area (Å²) in [6.45, 7) is 12.2. The third-order valence-corrected chi connectivity index (χ3v) is 2.37. The predicted molar refractivity (Wildman–Crippen MR) is 65.6 cm³/mol. The third kappa shape index (κ3) is 9.79. The van der Waals surface area contributed by atoms with Crippen molar-refractivity contribution in [2.24, 2.45) is 5.92 Å². The third-order valence-electron chi connectivity index (χ3n) is 2.37. The fourth-order valence-electron chi connectivity index (χ4n) is 1.14. The summed E-state index contributed by atoms with van der Waals surface area (Å²) in [7, 11) is 0. The zero-order valence-electron chi connectivity index (χ0n) is 10.6. The van der Waals surface area contributed by atoms with Crippen molar-refractivity contribution in [1.82, 2.24) is 5.32 Å². The summed E-state index contributed by atoms with van der Waals surface area (Å²) in [4.78, 5) is 0. The molecule has 1 heteroatoms. The molecule has 84 valence electrons. The first-order valence-electron chi connectivity index (χ1n) is 5.85. The van der Waals surface area contributed by atoms with E-state index in [0.717, 1.165) is 18.9 Å². The Morgan fingerprint density at radius 3 is 2.36 bits per heavy atom. The highest BCUT2D eigenvalue weighted by atomic mass is 14.9. The number of nitrogens with one attached hydrogen (secondary N) is 1. The van der Waals surface area contributed by atoms with E-state index in [9.17, 15) is 0 Å². The van der Waals surface area contributed by atoms with Crippen LogP contribution in [0.2, 0.25) is 0 Å². The molecule has 0 amide bonds. The fraction of sp³-hybridized carbons (Fsp3) is 0.846. The predicted octanol–water partition coefficient (Wildman–Crippen LogP) is 3.76. The Labute approximate surface area is 90.0 Å². The number of hydrogen-bond donors (Lipinski definition) is 1. The molecule has 14 heavy (non-hydrogen) atoms. The summed E-state index contributed by atoms with van der Waals surface area (Å²) >= 11 is 0. The molecule has 1 N–H and O–H groups in total. The monoisotopic (exact) mass is 197 g/mol. The van der Waals surface area contributed by atoms with E-state index in [1.165, 1.54) is 12.8 Å². The quantitative estimate of drug-likeness (QED) is 0.505. The molecule has 0 heterocycles. The molecule has 0 aromatic carbocycles. The molecule has 1 nitrogen and oxygen atoms in total. The maximum atomic E-state index is 3.47.